The fourth-order valence-corrected chi connectivity index (χ4v) is 2.39. The number of hydrogen-bond acceptors (Lipinski definition) is 2. The molecule has 2 rings (SSSR count). The number of aromatic nitrogens is 1. The van der Waals surface area contributed by atoms with Crippen molar-refractivity contribution >= 4 is 15.9 Å². The van der Waals surface area contributed by atoms with Gasteiger partial charge in [-0.05, 0) is 23.8 Å². The molecule has 0 saturated carbocycles. The average Bonchev–Trinajstić information content (AvgIpc) is 2.39. The summed E-state index contributed by atoms with van der Waals surface area (Å²) in [5.74, 6) is 0.190. The van der Waals surface area contributed by atoms with Gasteiger partial charge in [-0.1, -0.05) is 47.1 Å². The number of halogens is 1. The third-order valence-electron chi connectivity index (χ3n) is 2.96. The van der Waals surface area contributed by atoms with Crippen molar-refractivity contribution in [1.82, 2.24) is 4.98 Å². The van der Waals surface area contributed by atoms with Crippen molar-refractivity contribution in [3.63, 3.8) is 0 Å². The quantitative estimate of drug-likeness (QED) is 0.937. The maximum atomic E-state index is 6.30. The second-order valence-electron chi connectivity index (χ2n) is 4.09. The van der Waals surface area contributed by atoms with Crippen molar-refractivity contribution in [3.05, 3.63) is 64.4 Å². The van der Waals surface area contributed by atoms with Crippen LogP contribution in [0.2, 0.25) is 0 Å². The Labute approximate surface area is 110 Å². The van der Waals surface area contributed by atoms with Crippen molar-refractivity contribution in [2.45, 2.75) is 18.9 Å². The normalized spacial score (nSPS) is 14.3. The molecular weight excluding hydrogens is 276 g/mol. The van der Waals surface area contributed by atoms with Crippen LogP contribution in [-0.4, -0.2) is 4.98 Å². The molecule has 3 heteroatoms. The molecule has 2 aromatic rings. The van der Waals surface area contributed by atoms with Crippen molar-refractivity contribution in [2.24, 2.45) is 5.73 Å². The molecule has 2 atom stereocenters. The van der Waals surface area contributed by atoms with Crippen molar-refractivity contribution in [3.8, 4) is 0 Å². The zero-order chi connectivity index (χ0) is 12.3. The Morgan fingerprint density at radius 2 is 1.82 bits per heavy atom. The van der Waals surface area contributed by atoms with Crippen LogP contribution in [0.25, 0.3) is 0 Å². The molecule has 0 bridgehead atoms. The summed E-state index contributed by atoms with van der Waals surface area (Å²) in [5, 5.41) is 0. The van der Waals surface area contributed by atoms with E-state index in [1.807, 2.05) is 42.5 Å². The summed E-state index contributed by atoms with van der Waals surface area (Å²) in [4.78, 5) is 4.36. The van der Waals surface area contributed by atoms with Crippen LogP contribution < -0.4 is 5.73 Å². The molecule has 2 unspecified atom stereocenters. The molecular formula is C14H15BrN2. The molecule has 0 aliphatic rings. The molecule has 17 heavy (non-hydrogen) atoms. The Bertz CT molecular complexity index is 485. The SMILES string of the molecule is CC(c1ccccn1)C(N)c1ccccc1Br. The molecule has 0 radical (unpaired) electrons. The molecule has 2 nitrogen and oxygen atoms in total. The fraction of sp³-hybridized carbons (Fsp3) is 0.214. The van der Waals surface area contributed by atoms with E-state index in [4.69, 9.17) is 5.73 Å². The third kappa shape index (κ3) is 2.73. The molecule has 0 aliphatic heterocycles. The zero-order valence-electron chi connectivity index (χ0n) is 9.68. The summed E-state index contributed by atoms with van der Waals surface area (Å²) in [6.07, 6.45) is 1.80. The van der Waals surface area contributed by atoms with E-state index >= 15 is 0 Å². The molecule has 0 spiro atoms. The largest absolute Gasteiger partial charge is 0.323 e. The van der Waals surface area contributed by atoms with Crippen LogP contribution in [0.4, 0.5) is 0 Å². The number of pyridine rings is 1. The summed E-state index contributed by atoms with van der Waals surface area (Å²) < 4.78 is 1.05. The highest BCUT2D eigenvalue weighted by Gasteiger charge is 2.19. The Kier molecular flexibility index (Phi) is 3.92. The summed E-state index contributed by atoms with van der Waals surface area (Å²) >= 11 is 3.54. The van der Waals surface area contributed by atoms with Gasteiger partial charge in [0.2, 0.25) is 0 Å². The van der Waals surface area contributed by atoms with Gasteiger partial charge in [-0.2, -0.15) is 0 Å². The minimum atomic E-state index is -0.0551. The minimum absolute atomic E-state index is 0.0551. The Balaban J connectivity index is 2.27. The van der Waals surface area contributed by atoms with Gasteiger partial charge in [0.05, 0.1) is 0 Å². The van der Waals surface area contributed by atoms with Gasteiger partial charge in [0, 0.05) is 28.3 Å². The first-order valence-corrected chi connectivity index (χ1v) is 6.40. The zero-order valence-corrected chi connectivity index (χ0v) is 11.3. The standard InChI is InChI=1S/C14H15BrN2/c1-10(13-8-4-5-9-17-13)14(16)11-6-2-3-7-12(11)15/h2-10,14H,16H2,1H3. The summed E-state index contributed by atoms with van der Waals surface area (Å²) in [6.45, 7) is 2.10. The summed E-state index contributed by atoms with van der Waals surface area (Å²) in [5.41, 5.74) is 8.44. The van der Waals surface area contributed by atoms with Gasteiger partial charge < -0.3 is 5.73 Å². The predicted molar refractivity (Wildman–Crippen MR) is 73.7 cm³/mol. The topological polar surface area (TPSA) is 38.9 Å². The highest BCUT2D eigenvalue weighted by Crippen LogP contribution is 2.31. The summed E-state index contributed by atoms with van der Waals surface area (Å²) in [7, 11) is 0. The van der Waals surface area contributed by atoms with E-state index < -0.39 is 0 Å². The Morgan fingerprint density at radius 1 is 1.12 bits per heavy atom. The highest BCUT2D eigenvalue weighted by atomic mass is 79.9. The van der Waals surface area contributed by atoms with E-state index in [1.165, 1.54) is 0 Å². The van der Waals surface area contributed by atoms with Crippen LogP contribution in [-0.2, 0) is 0 Å². The highest BCUT2D eigenvalue weighted by molar-refractivity contribution is 9.10. The van der Waals surface area contributed by atoms with Crippen LogP contribution >= 0.6 is 15.9 Å². The van der Waals surface area contributed by atoms with Crippen LogP contribution in [0, 0.1) is 0 Å². The monoisotopic (exact) mass is 290 g/mol. The lowest BCUT2D eigenvalue weighted by Crippen LogP contribution is -2.18. The molecule has 0 saturated heterocycles. The van der Waals surface area contributed by atoms with Gasteiger partial charge in [0.1, 0.15) is 0 Å². The van der Waals surface area contributed by atoms with Crippen LogP contribution in [0.1, 0.15) is 30.1 Å². The average molecular weight is 291 g/mol. The minimum Gasteiger partial charge on any atom is -0.323 e. The van der Waals surface area contributed by atoms with Crippen molar-refractivity contribution in [1.29, 1.82) is 0 Å². The summed E-state index contributed by atoms with van der Waals surface area (Å²) in [6, 6.07) is 13.9. The fourth-order valence-electron chi connectivity index (χ4n) is 1.84. The van der Waals surface area contributed by atoms with E-state index in [0.717, 1.165) is 15.7 Å². The third-order valence-corrected chi connectivity index (χ3v) is 3.68. The molecule has 1 aromatic heterocycles. The van der Waals surface area contributed by atoms with Gasteiger partial charge in [0.25, 0.3) is 0 Å². The van der Waals surface area contributed by atoms with Gasteiger partial charge in [-0.3, -0.25) is 4.98 Å². The van der Waals surface area contributed by atoms with Crippen LogP contribution in [0.3, 0.4) is 0 Å². The molecule has 0 amide bonds. The maximum absolute atomic E-state index is 6.30. The number of hydrogen-bond donors (Lipinski definition) is 1. The van der Waals surface area contributed by atoms with Crippen LogP contribution in [0.15, 0.2) is 53.1 Å². The lowest BCUT2D eigenvalue weighted by atomic mass is 9.92. The van der Waals surface area contributed by atoms with E-state index in [1.54, 1.807) is 6.20 Å². The Morgan fingerprint density at radius 3 is 2.47 bits per heavy atom. The van der Waals surface area contributed by atoms with E-state index in [-0.39, 0.29) is 12.0 Å². The lowest BCUT2D eigenvalue weighted by Gasteiger charge is -2.20. The van der Waals surface area contributed by atoms with Gasteiger partial charge in [-0.15, -0.1) is 0 Å². The van der Waals surface area contributed by atoms with Crippen molar-refractivity contribution in [2.75, 3.05) is 0 Å². The van der Waals surface area contributed by atoms with E-state index in [2.05, 4.69) is 27.8 Å². The molecule has 0 fully saturated rings. The lowest BCUT2D eigenvalue weighted by molar-refractivity contribution is 0.582. The predicted octanol–water partition coefficient (Wildman–Crippen LogP) is 3.65. The number of benzene rings is 1. The smallest absolute Gasteiger partial charge is 0.0450 e. The van der Waals surface area contributed by atoms with Crippen LogP contribution in [0.5, 0.6) is 0 Å². The second kappa shape index (κ2) is 5.43. The molecule has 0 aliphatic carbocycles. The molecule has 88 valence electrons. The molecule has 1 aromatic carbocycles. The van der Waals surface area contributed by atoms with E-state index in [0.29, 0.717) is 0 Å². The second-order valence-corrected chi connectivity index (χ2v) is 4.94. The number of nitrogens with two attached hydrogens (primary N) is 1. The maximum Gasteiger partial charge on any atom is 0.0450 e. The first kappa shape index (κ1) is 12.3. The first-order valence-electron chi connectivity index (χ1n) is 5.61. The number of rotatable bonds is 3. The Hall–Kier alpha value is -1.19. The molecule has 2 N–H and O–H groups in total. The van der Waals surface area contributed by atoms with Gasteiger partial charge in [0.15, 0.2) is 0 Å². The van der Waals surface area contributed by atoms with Crippen molar-refractivity contribution < 1.29 is 0 Å². The molecule has 1 heterocycles. The van der Waals surface area contributed by atoms with E-state index in [9.17, 15) is 0 Å². The van der Waals surface area contributed by atoms with Gasteiger partial charge in [-0.25, -0.2) is 0 Å². The first-order chi connectivity index (χ1) is 8.20. The number of nitrogens with zero attached hydrogens (tertiary/aromatic N) is 1. The van der Waals surface area contributed by atoms with Gasteiger partial charge >= 0.3 is 0 Å².